The Balaban J connectivity index is 2.19. The van der Waals surface area contributed by atoms with Gasteiger partial charge in [-0.3, -0.25) is 19.7 Å². The number of ether oxygens (including phenoxy) is 1. The largest absolute Gasteiger partial charge is 0.494 e. The Bertz CT molecular complexity index is 661. The summed E-state index contributed by atoms with van der Waals surface area (Å²) in [6.45, 7) is 3.12. The highest BCUT2D eigenvalue weighted by molar-refractivity contribution is 5.98. The van der Waals surface area contributed by atoms with E-state index in [-0.39, 0.29) is 23.6 Å². The number of carbonyl (C=O) groups is 2. The number of carboxylic acids is 1. The number of nitro benzene ring substituents is 1. The van der Waals surface area contributed by atoms with Crippen LogP contribution in [0.4, 0.5) is 5.69 Å². The normalized spacial score (nSPS) is 17.2. The molecule has 1 fully saturated rings. The molecule has 1 amide bonds. The molecular weight excluding hydrogens is 328 g/mol. The molecule has 1 aliphatic rings. The van der Waals surface area contributed by atoms with E-state index in [1.807, 2.05) is 0 Å². The van der Waals surface area contributed by atoms with Crippen molar-refractivity contribution in [3.05, 3.63) is 33.9 Å². The van der Waals surface area contributed by atoms with E-state index in [0.29, 0.717) is 31.9 Å². The highest BCUT2D eigenvalue weighted by Crippen LogP contribution is 2.28. The first kappa shape index (κ1) is 18.7. The summed E-state index contributed by atoms with van der Waals surface area (Å²) in [6.07, 6.45) is 2.18. The van der Waals surface area contributed by atoms with E-state index >= 15 is 0 Å². The van der Waals surface area contributed by atoms with E-state index < -0.39 is 16.8 Å². The average molecular weight is 350 g/mol. The molecule has 1 saturated heterocycles. The maximum absolute atomic E-state index is 12.8. The van der Waals surface area contributed by atoms with Gasteiger partial charge in [-0.1, -0.05) is 0 Å². The SMILES string of the molecule is CCOc1ccc([N+](=O)[O-])c(C(=O)N2CCCC(CCC(=O)O)C2)c1. The molecule has 0 radical (unpaired) electrons. The standard InChI is InChI=1S/C17H22N2O6/c1-2-25-13-6-7-15(19(23)24)14(10-13)17(22)18-9-3-4-12(11-18)5-8-16(20)21/h6-7,10,12H,2-5,8-9,11H2,1H3,(H,20,21). The zero-order chi connectivity index (χ0) is 18.4. The Morgan fingerprint density at radius 1 is 1.44 bits per heavy atom. The molecule has 1 aromatic carbocycles. The van der Waals surface area contributed by atoms with E-state index in [1.54, 1.807) is 11.8 Å². The predicted octanol–water partition coefficient (Wildman–Crippen LogP) is 2.71. The smallest absolute Gasteiger partial charge is 0.303 e. The minimum atomic E-state index is -0.858. The van der Waals surface area contributed by atoms with Crippen LogP contribution in [0.15, 0.2) is 18.2 Å². The number of piperidine rings is 1. The second-order valence-corrected chi connectivity index (χ2v) is 6.06. The molecule has 1 N–H and O–H groups in total. The van der Waals surface area contributed by atoms with Crippen molar-refractivity contribution in [3.63, 3.8) is 0 Å². The second-order valence-electron chi connectivity index (χ2n) is 6.06. The van der Waals surface area contributed by atoms with Crippen LogP contribution in [0.1, 0.15) is 43.0 Å². The summed E-state index contributed by atoms with van der Waals surface area (Å²) in [7, 11) is 0. The highest BCUT2D eigenvalue weighted by atomic mass is 16.6. The van der Waals surface area contributed by atoms with Crippen molar-refractivity contribution in [2.75, 3.05) is 19.7 Å². The third kappa shape index (κ3) is 4.91. The Morgan fingerprint density at radius 2 is 2.20 bits per heavy atom. The molecule has 0 aromatic heterocycles. The average Bonchev–Trinajstić information content (AvgIpc) is 2.59. The molecule has 1 unspecified atom stereocenters. The molecule has 8 nitrogen and oxygen atoms in total. The van der Waals surface area contributed by atoms with Gasteiger partial charge in [0.15, 0.2) is 0 Å². The number of nitrogens with zero attached hydrogens (tertiary/aromatic N) is 2. The van der Waals surface area contributed by atoms with Gasteiger partial charge in [0.05, 0.1) is 11.5 Å². The van der Waals surface area contributed by atoms with E-state index in [1.165, 1.54) is 18.2 Å². The molecule has 0 spiro atoms. The lowest BCUT2D eigenvalue weighted by atomic mass is 9.93. The summed E-state index contributed by atoms with van der Waals surface area (Å²) in [4.78, 5) is 35.8. The minimum Gasteiger partial charge on any atom is -0.494 e. The summed E-state index contributed by atoms with van der Waals surface area (Å²) in [5.74, 6) is -0.754. The maximum atomic E-state index is 12.8. The Morgan fingerprint density at radius 3 is 2.84 bits per heavy atom. The molecule has 136 valence electrons. The number of rotatable bonds is 7. The van der Waals surface area contributed by atoms with E-state index in [2.05, 4.69) is 0 Å². The summed E-state index contributed by atoms with van der Waals surface area (Å²) in [5.41, 5.74) is -0.240. The summed E-state index contributed by atoms with van der Waals surface area (Å²) in [6, 6.07) is 4.17. The zero-order valence-corrected chi connectivity index (χ0v) is 14.1. The Hall–Kier alpha value is -2.64. The third-order valence-corrected chi connectivity index (χ3v) is 4.28. The number of carbonyl (C=O) groups excluding carboxylic acids is 1. The number of benzene rings is 1. The van der Waals surface area contributed by atoms with Crippen LogP contribution in [-0.4, -0.2) is 46.5 Å². The molecule has 0 bridgehead atoms. The van der Waals surface area contributed by atoms with E-state index in [0.717, 1.165) is 12.8 Å². The molecule has 8 heteroatoms. The van der Waals surface area contributed by atoms with Gasteiger partial charge < -0.3 is 14.7 Å². The molecule has 1 aliphatic heterocycles. The molecule has 0 aliphatic carbocycles. The van der Waals surface area contributed by atoms with Gasteiger partial charge in [-0.15, -0.1) is 0 Å². The number of nitro groups is 1. The van der Waals surface area contributed by atoms with Gasteiger partial charge in [-0.2, -0.15) is 0 Å². The van der Waals surface area contributed by atoms with Crippen LogP contribution >= 0.6 is 0 Å². The van der Waals surface area contributed by atoms with Crippen molar-refractivity contribution in [2.24, 2.45) is 5.92 Å². The van der Waals surface area contributed by atoms with Crippen LogP contribution in [0.2, 0.25) is 0 Å². The molecule has 25 heavy (non-hydrogen) atoms. The quantitative estimate of drug-likeness (QED) is 0.598. The van der Waals surface area contributed by atoms with Crippen LogP contribution in [0.3, 0.4) is 0 Å². The van der Waals surface area contributed by atoms with Crippen molar-refractivity contribution >= 4 is 17.6 Å². The fourth-order valence-electron chi connectivity index (χ4n) is 3.09. The molecule has 0 saturated carbocycles. The lowest BCUT2D eigenvalue weighted by Gasteiger charge is -2.32. The maximum Gasteiger partial charge on any atom is 0.303 e. The van der Waals surface area contributed by atoms with Crippen molar-refractivity contribution in [3.8, 4) is 5.75 Å². The van der Waals surface area contributed by atoms with Gasteiger partial charge in [0.25, 0.3) is 11.6 Å². The third-order valence-electron chi connectivity index (χ3n) is 4.28. The summed E-state index contributed by atoms with van der Waals surface area (Å²) < 4.78 is 5.35. The minimum absolute atomic E-state index is 0.00911. The second kappa shape index (κ2) is 8.46. The lowest BCUT2D eigenvalue weighted by molar-refractivity contribution is -0.385. The van der Waals surface area contributed by atoms with Crippen molar-refractivity contribution < 1.29 is 24.4 Å². The van der Waals surface area contributed by atoms with Crippen LogP contribution in [0.5, 0.6) is 5.75 Å². The Labute approximate surface area is 145 Å². The number of amides is 1. The lowest BCUT2D eigenvalue weighted by Crippen LogP contribution is -2.40. The monoisotopic (exact) mass is 350 g/mol. The first-order valence-electron chi connectivity index (χ1n) is 8.34. The van der Waals surface area contributed by atoms with Gasteiger partial charge in [0, 0.05) is 25.6 Å². The Kier molecular flexibility index (Phi) is 6.32. The van der Waals surface area contributed by atoms with Crippen LogP contribution in [0.25, 0.3) is 0 Å². The number of carboxylic acid groups (broad SMARTS) is 1. The van der Waals surface area contributed by atoms with Crippen molar-refractivity contribution in [1.29, 1.82) is 0 Å². The summed E-state index contributed by atoms with van der Waals surface area (Å²) in [5, 5.41) is 20.1. The first-order valence-corrected chi connectivity index (χ1v) is 8.34. The van der Waals surface area contributed by atoms with E-state index in [9.17, 15) is 19.7 Å². The molecule has 1 atom stereocenters. The fraction of sp³-hybridized carbons (Fsp3) is 0.529. The number of hydrogen-bond acceptors (Lipinski definition) is 5. The predicted molar refractivity (Wildman–Crippen MR) is 89.8 cm³/mol. The van der Waals surface area contributed by atoms with Gasteiger partial charge in [-0.25, -0.2) is 0 Å². The topological polar surface area (TPSA) is 110 Å². The van der Waals surface area contributed by atoms with Crippen LogP contribution < -0.4 is 4.74 Å². The van der Waals surface area contributed by atoms with Gasteiger partial charge in [0.2, 0.25) is 0 Å². The summed E-state index contributed by atoms with van der Waals surface area (Å²) >= 11 is 0. The molecular formula is C17H22N2O6. The first-order chi connectivity index (χ1) is 11.9. The van der Waals surface area contributed by atoms with Crippen molar-refractivity contribution in [1.82, 2.24) is 4.90 Å². The van der Waals surface area contributed by atoms with Gasteiger partial charge >= 0.3 is 5.97 Å². The van der Waals surface area contributed by atoms with Crippen LogP contribution in [0, 0.1) is 16.0 Å². The number of hydrogen-bond donors (Lipinski definition) is 1. The van der Waals surface area contributed by atoms with Gasteiger partial charge in [-0.05, 0) is 44.2 Å². The number of likely N-dealkylation sites (tertiary alicyclic amines) is 1. The van der Waals surface area contributed by atoms with E-state index in [4.69, 9.17) is 9.84 Å². The van der Waals surface area contributed by atoms with Crippen LogP contribution in [-0.2, 0) is 4.79 Å². The fourth-order valence-corrected chi connectivity index (χ4v) is 3.09. The number of aliphatic carboxylic acids is 1. The van der Waals surface area contributed by atoms with Gasteiger partial charge in [0.1, 0.15) is 11.3 Å². The molecule has 1 aromatic rings. The highest BCUT2D eigenvalue weighted by Gasteiger charge is 2.29. The zero-order valence-electron chi connectivity index (χ0n) is 14.1. The molecule has 2 rings (SSSR count). The molecule has 1 heterocycles. The van der Waals surface area contributed by atoms with Crippen molar-refractivity contribution in [2.45, 2.75) is 32.6 Å².